The largest absolute Gasteiger partial charge is 0.480 e. The normalized spacial score (nSPS) is 10.8. The predicted molar refractivity (Wildman–Crippen MR) is 91.3 cm³/mol. The first-order valence-corrected chi connectivity index (χ1v) is 7.91. The predicted octanol–water partition coefficient (Wildman–Crippen LogP) is 4.40. The molecule has 0 radical (unpaired) electrons. The van der Waals surface area contributed by atoms with Crippen molar-refractivity contribution in [3.05, 3.63) is 47.0 Å². The number of nitrogens with zero attached hydrogens (tertiary/aromatic N) is 1. The minimum atomic E-state index is -0.452. The van der Waals surface area contributed by atoms with Crippen LogP contribution in [0, 0.1) is 6.92 Å². The van der Waals surface area contributed by atoms with E-state index >= 15 is 0 Å². The van der Waals surface area contributed by atoms with E-state index in [2.05, 4.69) is 5.16 Å². The molecule has 0 N–H and O–H groups in total. The maximum atomic E-state index is 11.4. The van der Waals surface area contributed by atoms with E-state index in [0.717, 1.165) is 10.9 Å². The first-order valence-electron chi connectivity index (χ1n) is 7.53. The van der Waals surface area contributed by atoms with Gasteiger partial charge in [-0.2, -0.15) is 0 Å². The van der Waals surface area contributed by atoms with Crippen LogP contribution in [0.5, 0.6) is 5.75 Å². The standard InChI is InChI=1S/C18H16ClNO4/c1-3-22-15(21)10-23-14-9-8-13-17(20-24-18(13)16(14)19)12-6-4-11(2)5-7-12/h4-9H,3,10H2,1-2H3. The van der Waals surface area contributed by atoms with Crippen molar-refractivity contribution in [1.29, 1.82) is 0 Å². The van der Waals surface area contributed by atoms with Crippen LogP contribution in [0.2, 0.25) is 5.02 Å². The van der Waals surface area contributed by atoms with Gasteiger partial charge in [0.2, 0.25) is 0 Å². The Bertz CT molecular complexity index is 871. The molecule has 0 amide bonds. The van der Waals surface area contributed by atoms with E-state index in [1.165, 1.54) is 5.56 Å². The van der Waals surface area contributed by atoms with E-state index in [-0.39, 0.29) is 11.6 Å². The fourth-order valence-corrected chi connectivity index (χ4v) is 2.58. The number of halogens is 1. The minimum absolute atomic E-state index is 0.210. The molecule has 0 aliphatic carbocycles. The van der Waals surface area contributed by atoms with Crippen LogP contribution < -0.4 is 4.74 Å². The third-order valence-corrected chi connectivity index (χ3v) is 3.88. The number of fused-ring (bicyclic) bond motifs is 1. The molecule has 1 heterocycles. The molecule has 2 aromatic carbocycles. The molecule has 1 aromatic heterocycles. The molecule has 3 rings (SSSR count). The number of rotatable bonds is 5. The maximum Gasteiger partial charge on any atom is 0.344 e. The van der Waals surface area contributed by atoms with Gasteiger partial charge in [-0.3, -0.25) is 0 Å². The average molecular weight is 346 g/mol. The molecular formula is C18H16ClNO4. The van der Waals surface area contributed by atoms with Crippen LogP contribution in [-0.4, -0.2) is 24.3 Å². The summed E-state index contributed by atoms with van der Waals surface area (Å²) in [6.07, 6.45) is 0. The quantitative estimate of drug-likeness (QED) is 0.641. The van der Waals surface area contributed by atoms with E-state index in [1.54, 1.807) is 13.0 Å². The highest BCUT2D eigenvalue weighted by Crippen LogP contribution is 2.37. The van der Waals surface area contributed by atoms with Gasteiger partial charge in [0.1, 0.15) is 16.5 Å². The molecule has 0 aliphatic heterocycles. The highest BCUT2D eigenvalue weighted by Gasteiger charge is 2.17. The van der Waals surface area contributed by atoms with Crippen molar-refractivity contribution in [3.8, 4) is 17.0 Å². The Morgan fingerprint density at radius 2 is 1.96 bits per heavy atom. The van der Waals surface area contributed by atoms with Crippen LogP contribution in [0.25, 0.3) is 22.2 Å². The summed E-state index contributed by atoms with van der Waals surface area (Å²) < 4.78 is 15.6. The Hall–Kier alpha value is -2.53. The van der Waals surface area contributed by atoms with Crippen molar-refractivity contribution in [1.82, 2.24) is 5.16 Å². The smallest absolute Gasteiger partial charge is 0.344 e. The van der Waals surface area contributed by atoms with E-state index in [1.807, 2.05) is 37.3 Å². The summed E-state index contributed by atoms with van der Waals surface area (Å²) in [5.74, 6) is -0.101. The van der Waals surface area contributed by atoms with E-state index < -0.39 is 5.97 Å². The zero-order valence-corrected chi connectivity index (χ0v) is 14.1. The van der Waals surface area contributed by atoms with Gasteiger partial charge in [0, 0.05) is 5.56 Å². The van der Waals surface area contributed by atoms with Gasteiger partial charge in [0.05, 0.1) is 12.0 Å². The van der Waals surface area contributed by atoms with E-state index in [9.17, 15) is 4.79 Å². The number of carbonyl (C=O) groups excluding carboxylic acids is 1. The number of carbonyl (C=O) groups is 1. The fraction of sp³-hybridized carbons (Fsp3) is 0.222. The summed E-state index contributed by atoms with van der Waals surface area (Å²) in [5.41, 5.74) is 3.24. The van der Waals surface area contributed by atoms with Crippen LogP contribution in [0.4, 0.5) is 0 Å². The van der Waals surface area contributed by atoms with Crippen molar-refractivity contribution in [2.45, 2.75) is 13.8 Å². The number of hydrogen-bond donors (Lipinski definition) is 0. The number of ether oxygens (including phenoxy) is 2. The lowest BCUT2D eigenvalue weighted by molar-refractivity contribution is -0.145. The van der Waals surface area contributed by atoms with Crippen molar-refractivity contribution < 1.29 is 18.8 Å². The molecule has 6 heteroatoms. The summed E-state index contributed by atoms with van der Waals surface area (Å²) in [5, 5.41) is 5.18. The summed E-state index contributed by atoms with van der Waals surface area (Å²) in [6, 6.07) is 11.5. The molecular weight excluding hydrogens is 330 g/mol. The molecule has 0 atom stereocenters. The highest BCUT2D eigenvalue weighted by atomic mass is 35.5. The van der Waals surface area contributed by atoms with E-state index in [4.69, 9.17) is 25.6 Å². The van der Waals surface area contributed by atoms with Gasteiger partial charge in [0.15, 0.2) is 12.2 Å². The lowest BCUT2D eigenvalue weighted by Crippen LogP contribution is -2.14. The summed E-state index contributed by atoms with van der Waals surface area (Å²) >= 11 is 6.32. The molecule has 0 saturated carbocycles. The first-order chi connectivity index (χ1) is 11.6. The minimum Gasteiger partial charge on any atom is -0.480 e. The lowest BCUT2D eigenvalue weighted by atomic mass is 10.1. The van der Waals surface area contributed by atoms with Crippen molar-refractivity contribution in [2.75, 3.05) is 13.2 Å². The van der Waals surface area contributed by atoms with Crippen LogP contribution in [0.15, 0.2) is 40.9 Å². The maximum absolute atomic E-state index is 11.4. The molecule has 0 fully saturated rings. The van der Waals surface area contributed by atoms with Crippen molar-refractivity contribution in [2.24, 2.45) is 0 Å². The molecule has 5 nitrogen and oxygen atoms in total. The van der Waals surface area contributed by atoms with Crippen molar-refractivity contribution >= 4 is 28.5 Å². The lowest BCUT2D eigenvalue weighted by Gasteiger charge is -2.07. The number of esters is 1. The number of hydrogen-bond acceptors (Lipinski definition) is 5. The molecule has 24 heavy (non-hydrogen) atoms. The van der Waals surface area contributed by atoms with Gasteiger partial charge in [-0.15, -0.1) is 0 Å². The SMILES string of the molecule is CCOC(=O)COc1ccc2c(-c3ccc(C)cc3)noc2c1Cl. The number of aryl methyl sites for hydroxylation is 1. The monoisotopic (exact) mass is 345 g/mol. The Labute approximate surface area is 144 Å². The summed E-state index contributed by atoms with van der Waals surface area (Å²) in [7, 11) is 0. The molecule has 0 spiro atoms. The third-order valence-electron chi connectivity index (χ3n) is 3.52. The van der Waals surface area contributed by atoms with Gasteiger partial charge in [0.25, 0.3) is 0 Å². The second kappa shape index (κ2) is 6.93. The zero-order chi connectivity index (χ0) is 17.1. The van der Waals surface area contributed by atoms with Gasteiger partial charge in [-0.25, -0.2) is 4.79 Å². The van der Waals surface area contributed by atoms with Crippen LogP contribution >= 0.6 is 11.6 Å². The number of benzene rings is 2. The Kier molecular flexibility index (Phi) is 4.71. The molecule has 0 aliphatic rings. The van der Waals surface area contributed by atoms with E-state index in [0.29, 0.717) is 23.6 Å². The number of aromatic nitrogens is 1. The Morgan fingerprint density at radius 3 is 2.67 bits per heavy atom. The van der Waals surface area contributed by atoms with Crippen LogP contribution in [0.1, 0.15) is 12.5 Å². The first kappa shape index (κ1) is 16.3. The topological polar surface area (TPSA) is 61.6 Å². The second-order valence-corrected chi connectivity index (χ2v) is 5.62. The fourth-order valence-electron chi connectivity index (χ4n) is 2.32. The zero-order valence-electron chi connectivity index (χ0n) is 13.3. The van der Waals surface area contributed by atoms with Gasteiger partial charge in [-0.05, 0) is 26.0 Å². The highest BCUT2D eigenvalue weighted by molar-refractivity contribution is 6.36. The van der Waals surface area contributed by atoms with Crippen molar-refractivity contribution in [3.63, 3.8) is 0 Å². The molecule has 0 bridgehead atoms. The molecule has 0 unspecified atom stereocenters. The van der Waals surface area contributed by atoms with Gasteiger partial charge >= 0.3 is 5.97 Å². The summed E-state index contributed by atoms with van der Waals surface area (Å²) in [4.78, 5) is 11.4. The average Bonchev–Trinajstić information content (AvgIpc) is 3.00. The second-order valence-electron chi connectivity index (χ2n) is 5.25. The van der Waals surface area contributed by atoms with Gasteiger partial charge < -0.3 is 14.0 Å². The third kappa shape index (κ3) is 3.21. The van der Waals surface area contributed by atoms with Crippen LogP contribution in [0.3, 0.4) is 0 Å². The molecule has 124 valence electrons. The Balaban J connectivity index is 1.90. The van der Waals surface area contributed by atoms with Crippen LogP contribution in [-0.2, 0) is 9.53 Å². The molecule has 0 saturated heterocycles. The Morgan fingerprint density at radius 1 is 1.21 bits per heavy atom. The van der Waals surface area contributed by atoms with Gasteiger partial charge in [-0.1, -0.05) is 46.6 Å². The molecule has 3 aromatic rings. The summed E-state index contributed by atoms with van der Waals surface area (Å²) in [6.45, 7) is 3.85.